The van der Waals surface area contributed by atoms with E-state index >= 15 is 0 Å². The smallest absolute Gasteiger partial charge is 0.378 e. The Morgan fingerprint density at radius 3 is 2.38 bits per heavy atom. The molecular formula is C13H8ClF5N2. The molecule has 112 valence electrons. The Morgan fingerprint density at radius 2 is 1.81 bits per heavy atom. The molecule has 1 aromatic heterocycles. The summed E-state index contributed by atoms with van der Waals surface area (Å²) < 4.78 is 63.5. The van der Waals surface area contributed by atoms with Crippen LogP contribution in [0.5, 0.6) is 0 Å². The molecule has 1 N–H and O–H groups in total. The number of pyridine rings is 1. The van der Waals surface area contributed by atoms with Gasteiger partial charge in [-0.25, -0.2) is 8.78 Å². The van der Waals surface area contributed by atoms with Gasteiger partial charge in [0.15, 0.2) is 5.82 Å². The van der Waals surface area contributed by atoms with Gasteiger partial charge in [0.05, 0.1) is 5.69 Å². The fourth-order valence-electron chi connectivity index (χ4n) is 1.56. The van der Waals surface area contributed by atoms with Crippen molar-refractivity contribution in [3.8, 4) is 0 Å². The Kier molecular flexibility index (Phi) is 4.32. The van der Waals surface area contributed by atoms with E-state index in [2.05, 4.69) is 10.3 Å². The molecule has 2 rings (SSSR count). The van der Waals surface area contributed by atoms with Crippen LogP contribution < -0.4 is 5.32 Å². The molecule has 0 aliphatic heterocycles. The number of rotatable bonds is 3. The first-order chi connectivity index (χ1) is 9.79. The summed E-state index contributed by atoms with van der Waals surface area (Å²) in [5.41, 5.74) is -0.661. The van der Waals surface area contributed by atoms with Crippen molar-refractivity contribution in [1.29, 1.82) is 0 Å². The van der Waals surface area contributed by atoms with Crippen molar-refractivity contribution in [2.45, 2.75) is 12.7 Å². The van der Waals surface area contributed by atoms with Crippen molar-refractivity contribution in [3.63, 3.8) is 0 Å². The fraction of sp³-hybridized carbons (Fsp3) is 0.154. The van der Waals surface area contributed by atoms with Crippen molar-refractivity contribution < 1.29 is 22.0 Å². The third kappa shape index (κ3) is 3.60. The van der Waals surface area contributed by atoms with Gasteiger partial charge in [0.1, 0.15) is 16.5 Å². The number of hydrogen-bond donors (Lipinski definition) is 1. The molecule has 2 nitrogen and oxygen atoms in total. The molecule has 0 amide bonds. The molecule has 1 aromatic carbocycles. The highest BCUT2D eigenvalue weighted by Crippen LogP contribution is 2.28. The van der Waals surface area contributed by atoms with Gasteiger partial charge in [-0.15, -0.1) is 0 Å². The second kappa shape index (κ2) is 5.85. The van der Waals surface area contributed by atoms with Gasteiger partial charge in [0, 0.05) is 12.7 Å². The molecule has 0 saturated heterocycles. The molecule has 0 spiro atoms. The first-order valence-corrected chi connectivity index (χ1v) is 6.06. The number of benzene rings is 1. The maximum atomic E-state index is 13.6. The van der Waals surface area contributed by atoms with Crippen molar-refractivity contribution >= 4 is 17.3 Å². The van der Waals surface area contributed by atoms with Crippen molar-refractivity contribution in [1.82, 2.24) is 4.98 Å². The second-order valence-corrected chi connectivity index (χ2v) is 4.50. The monoisotopic (exact) mass is 322 g/mol. The lowest BCUT2D eigenvalue weighted by Crippen LogP contribution is -2.09. The van der Waals surface area contributed by atoms with Crippen LogP contribution in [0, 0.1) is 11.6 Å². The molecule has 0 bridgehead atoms. The molecular weight excluding hydrogens is 315 g/mol. The minimum absolute atomic E-state index is 0.0179. The van der Waals surface area contributed by atoms with Crippen molar-refractivity contribution in [3.05, 3.63) is 58.4 Å². The summed E-state index contributed by atoms with van der Waals surface area (Å²) in [6, 6.07) is 4.17. The number of nitrogens with one attached hydrogen (secondary N) is 1. The Labute approximate surface area is 121 Å². The van der Waals surface area contributed by atoms with Gasteiger partial charge in [-0.05, 0) is 23.8 Å². The minimum Gasteiger partial charge on any atom is -0.378 e. The number of alkyl halides is 3. The zero-order valence-electron chi connectivity index (χ0n) is 10.3. The summed E-state index contributed by atoms with van der Waals surface area (Å²) >= 11 is 5.41. The summed E-state index contributed by atoms with van der Waals surface area (Å²) in [5, 5.41) is 1.96. The average Bonchev–Trinajstić information content (AvgIpc) is 2.43. The predicted octanol–water partition coefficient (Wildman–Crippen LogP) is 4.64. The Morgan fingerprint density at radius 1 is 1.10 bits per heavy atom. The SMILES string of the molecule is Fc1ccc(NCc2ccc(C(F)(F)F)nc2)c(F)c1Cl. The zero-order valence-corrected chi connectivity index (χ0v) is 11.1. The van der Waals surface area contributed by atoms with E-state index in [0.717, 1.165) is 24.4 Å². The molecule has 0 atom stereocenters. The van der Waals surface area contributed by atoms with Crippen LogP contribution in [0.3, 0.4) is 0 Å². The van der Waals surface area contributed by atoms with E-state index in [-0.39, 0.29) is 12.2 Å². The molecule has 0 fully saturated rings. The second-order valence-electron chi connectivity index (χ2n) is 4.13. The number of nitrogens with zero attached hydrogens (tertiary/aromatic N) is 1. The third-order valence-corrected chi connectivity index (χ3v) is 2.98. The fourth-order valence-corrected chi connectivity index (χ4v) is 1.72. The van der Waals surface area contributed by atoms with Gasteiger partial charge in [-0.3, -0.25) is 4.98 Å². The lowest BCUT2D eigenvalue weighted by molar-refractivity contribution is -0.141. The van der Waals surface area contributed by atoms with Crippen LogP contribution in [0.25, 0.3) is 0 Å². The Hall–Kier alpha value is -1.89. The first kappa shape index (κ1) is 15.5. The minimum atomic E-state index is -4.51. The van der Waals surface area contributed by atoms with Gasteiger partial charge in [-0.1, -0.05) is 17.7 Å². The van der Waals surface area contributed by atoms with Gasteiger partial charge >= 0.3 is 6.18 Å². The highest BCUT2D eigenvalue weighted by molar-refractivity contribution is 6.31. The van der Waals surface area contributed by atoms with Gasteiger partial charge in [0.25, 0.3) is 0 Å². The highest BCUT2D eigenvalue weighted by Gasteiger charge is 2.31. The number of halogens is 6. The summed E-state index contributed by atoms with van der Waals surface area (Å²) in [5.74, 6) is -1.85. The van der Waals surface area contributed by atoms with Gasteiger partial charge < -0.3 is 5.32 Å². The van der Waals surface area contributed by atoms with Crippen molar-refractivity contribution in [2.75, 3.05) is 5.32 Å². The molecule has 0 unspecified atom stereocenters. The summed E-state index contributed by atoms with van der Waals surface area (Å²) in [4.78, 5) is 3.27. The topological polar surface area (TPSA) is 24.9 Å². The van der Waals surface area contributed by atoms with Crippen LogP contribution in [-0.2, 0) is 12.7 Å². The van der Waals surface area contributed by atoms with E-state index in [4.69, 9.17) is 11.6 Å². The molecule has 21 heavy (non-hydrogen) atoms. The largest absolute Gasteiger partial charge is 0.433 e. The van der Waals surface area contributed by atoms with Gasteiger partial charge in [0.2, 0.25) is 0 Å². The molecule has 1 heterocycles. The Bertz CT molecular complexity index is 640. The van der Waals surface area contributed by atoms with Crippen molar-refractivity contribution in [2.24, 2.45) is 0 Å². The molecule has 0 aliphatic rings. The molecule has 0 saturated carbocycles. The van der Waals surface area contributed by atoms with E-state index in [1.165, 1.54) is 6.07 Å². The lowest BCUT2D eigenvalue weighted by atomic mass is 10.2. The normalized spacial score (nSPS) is 11.5. The molecule has 2 aromatic rings. The summed E-state index contributed by atoms with van der Waals surface area (Å²) in [6.45, 7) is 0.0179. The maximum absolute atomic E-state index is 13.6. The summed E-state index contributed by atoms with van der Waals surface area (Å²) in [6.07, 6.45) is -3.48. The van der Waals surface area contributed by atoms with E-state index in [9.17, 15) is 22.0 Å². The van der Waals surface area contributed by atoms with E-state index in [1.807, 2.05) is 0 Å². The maximum Gasteiger partial charge on any atom is 0.433 e. The first-order valence-electron chi connectivity index (χ1n) is 5.68. The van der Waals surface area contributed by atoms with E-state index in [0.29, 0.717) is 5.56 Å². The Balaban J connectivity index is 2.09. The average molecular weight is 323 g/mol. The number of anilines is 1. The van der Waals surface area contributed by atoms with E-state index < -0.39 is 28.5 Å². The van der Waals surface area contributed by atoms with Crippen LogP contribution in [0.1, 0.15) is 11.3 Å². The number of aromatic nitrogens is 1. The predicted molar refractivity (Wildman–Crippen MR) is 67.9 cm³/mol. The van der Waals surface area contributed by atoms with Gasteiger partial charge in [-0.2, -0.15) is 13.2 Å². The zero-order chi connectivity index (χ0) is 15.6. The summed E-state index contributed by atoms with van der Waals surface area (Å²) in [7, 11) is 0. The van der Waals surface area contributed by atoms with Crippen LogP contribution >= 0.6 is 11.6 Å². The molecule has 0 aliphatic carbocycles. The highest BCUT2D eigenvalue weighted by atomic mass is 35.5. The standard InChI is InChI=1S/C13H8ClF5N2/c14-11-8(15)2-3-9(12(11)16)20-5-7-1-4-10(21-6-7)13(17,18)19/h1-4,6,20H,5H2. The number of hydrogen-bond acceptors (Lipinski definition) is 2. The molecule has 8 heteroatoms. The van der Waals surface area contributed by atoms with Crippen LogP contribution in [-0.4, -0.2) is 4.98 Å². The molecule has 0 radical (unpaired) electrons. The van der Waals surface area contributed by atoms with Crippen LogP contribution in [0.4, 0.5) is 27.6 Å². The quantitative estimate of drug-likeness (QED) is 0.657. The van der Waals surface area contributed by atoms with Crippen LogP contribution in [0.15, 0.2) is 30.5 Å². The lowest BCUT2D eigenvalue weighted by Gasteiger charge is -2.10. The third-order valence-electron chi connectivity index (χ3n) is 2.63. The van der Waals surface area contributed by atoms with E-state index in [1.54, 1.807) is 0 Å². The van der Waals surface area contributed by atoms with Crippen LogP contribution in [0.2, 0.25) is 5.02 Å².